The molecule has 6 nitrogen and oxygen atoms in total. The third-order valence-electron chi connectivity index (χ3n) is 3.85. The molecule has 7 heteroatoms. The highest BCUT2D eigenvalue weighted by atomic mass is 32.1. The van der Waals surface area contributed by atoms with Crippen molar-refractivity contribution in [1.82, 2.24) is 10.4 Å². The molecule has 134 valence electrons. The summed E-state index contributed by atoms with van der Waals surface area (Å²) in [6, 6.07) is 11.9. The fourth-order valence-corrected chi connectivity index (χ4v) is 3.49. The van der Waals surface area contributed by atoms with Crippen LogP contribution in [0.15, 0.2) is 41.5 Å². The number of aryl methyl sites for hydroxylation is 1. The number of anilines is 1. The summed E-state index contributed by atoms with van der Waals surface area (Å²) in [7, 11) is 0. The maximum Gasteiger partial charge on any atom is 0.283 e. The zero-order valence-electron chi connectivity index (χ0n) is 14.7. The topological polar surface area (TPSA) is 89.6 Å². The fraction of sp³-hybridized carbons (Fsp3) is 0.211. The van der Waals surface area contributed by atoms with Crippen molar-refractivity contribution in [2.24, 2.45) is 5.10 Å². The molecule has 26 heavy (non-hydrogen) atoms. The lowest BCUT2D eigenvalue weighted by molar-refractivity contribution is 0.0958. The minimum absolute atomic E-state index is 0.314. The number of nitrogens with zero attached hydrogens (tertiary/aromatic N) is 2. The average Bonchev–Trinajstić information content (AvgIpc) is 3.04. The van der Waals surface area contributed by atoms with Crippen LogP contribution in [0.2, 0.25) is 0 Å². The Morgan fingerprint density at radius 1 is 1.31 bits per heavy atom. The number of amides is 1. The molecule has 3 aromatic rings. The number of nitrogens with two attached hydrogens (primary N) is 1. The van der Waals surface area contributed by atoms with Crippen molar-refractivity contribution in [3.8, 4) is 5.75 Å². The third kappa shape index (κ3) is 3.67. The molecule has 0 aliphatic rings. The first-order valence-corrected chi connectivity index (χ1v) is 9.18. The first kappa shape index (κ1) is 17.9. The van der Waals surface area contributed by atoms with Gasteiger partial charge in [0.1, 0.15) is 10.6 Å². The molecule has 0 fully saturated rings. The number of hydrogen-bond acceptors (Lipinski definition) is 6. The summed E-state index contributed by atoms with van der Waals surface area (Å²) in [6.45, 7) is 4.41. The van der Waals surface area contributed by atoms with E-state index >= 15 is 0 Å². The number of thiazole rings is 1. The van der Waals surface area contributed by atoms with E-state index in [2.05, 4.69) is 15.5 Å². The van der Waals surface area contributed by atoms with Crippen molar-refractivity contribution in [3.63, 3.8) is 0 Å². The van der Waals surface area contributed by atoms with E-state index in [0.29, 0.717) is 28.7 Å². The number of hydrogen-bond donors (Lipinski definition) is 2. The molecule has 0 aliphatic carbocycles. The van der Waals surface area contributed by atoms with Gasteiger partial charge in [-0.05, 0) is 30.2 Å². The molecule has 2 aromatic carbocycles. The van der Waals surface area contributed by atoms with Gasteiger partial charge in [0.05, 0.1) is 18.5 Å². The SMILES string of the molecule is CCOc1ccc2ccccc2c1/C=N/NC(=O)c1sc(N)nc1CC. The Bertz CT molecular complexity index is 965. The molecule has 3 rings (SSSR count). The number of nitrogen functional groups attached to an aromatic ring is 1. The van der Waals surface area contributed by atoms with Gasteiger partial charge in [-0.2, -0.15) is 5.10 Å². The van der Waals surface area contributed by atoms with Gasteiger partial charge in [0.25, 0.3) is 5.91 Å². The van der Waals surface area contributed by atoms with Crippen LogP contribution < -0.4 is 15.9 Å². The fourth-order valence-electron chi connectivity index (χ4n) is 2.68. The summed E-state index contributed by atoms with van der Waals surface area (Å²) in [5, 5.41) is 6.59. The summed E-state index contributed by atoms with van der Waals surface area (Å²) >= 11 is 1.16. The molecule has 0 saturated carbocycles. The number of nitrogens with one attached hydrogen (secondary N) is 1. The van der Waals surface area contributed by atoms with Gasteiger partial charge in [0, 0.05) is 5.56 Å². The van der Waals surface area contributed by atoms with Gasteiger partial charge in [0.2, 0.25) is 0 Å². The smallest absolute Gasteiger partial charge is 0.283 e. The number of benzene rings is 2. The molecule has 0 saturated heterocycles. The molecule has 1 amide bonds. The summed E-state index contributed by atoms with van der Waals surface area (Å²) in [4.78, 5) is 17.0. The predicted molar refractivity (Wildman–Crippen MR) is 106 cm³/mol. The highest BCUT2D eigenvalue weighted by Gasteiger charge is 2.15. The summed E-state index contributed by atoms with van der Waals surface area (Å²) in [6.07, 6.45) is 2.25. The normalized spacial score (nSPS) is 11.2. The average molecular weight is 368 g/mol. The van der Waals surface area contributed by atoms with Crippen molar-refractivity contribution in [2.75, 3.05) is 12.3 Å². The summed E-state index contributed by atoms with van der Waals surface area (Å²) in [5.41, 5.74) is 9.76. The van der Waals surface area contributed by atoms with E-state index in [0.717, 1.165) is 33.4 Å². The highest BCUT2D eigenvalue weighted by Crippen LogP contribution is 2.27. The lowest BCUT2D eigenvalue weighted by atomic mass is 10.0. The molecule has 0 unspecified atom stereocenters. The molecular weight excluding hydrogens is 348 g/mol. The lowest BCUT2D eigenvalue weighted by Crippen LogP contribution is -2.18. The van der Waals surface area contributed by atoms with Crippen LogP contribution in [0.3, 0.4) is 0 Å². The Hall–Kier alpha value is -2.93. The second-order valence-corrected chi connectivity index (χ2v) is 6.54. The Labute approximate surface area is 155 Å². The Morgan fingerprint density at radius 2 is 2.12 bits per heavy atom. The second kappa shape index (κ2) is 7.97. The highest BCUT2D eigenvalue weighted by molar-refractivity contribution is 7.17. The maximum atomic E-state index is 12.4. The van der Waals surface area contributed by atoms with Gasteiger partial charge in [-0.15, -0.1) is 0 Å². The first-order valence-electron chi connectivity index (χ1n) is 8.37. The minimum atomic E-state index is -0.314. The van der Waals surface area contributed by atoms with Crippen LogP contribution in [0.25, 0.3) is 10.8 Å². The van der Waals surface area contributed by atoms with Crippen LogP contribution in [0.4, 0.5) is 5.13 Å². The van der Waals surface area contributed by atoms with Crippen molar-refractivity contribution >= 4 is 39.4 Å². The van der Waals surface area contributed by atoms with Gasteiger partial charge in [-0.25, -0.2) is 10.4 Å². The zero-order chi connectivity index (χ0) is 18.5. The van der Waals surface area contributed by atoms with Gasteiger partial charge in [0.15, 0.2) is 5.13 Å². The Balaban J connectivity index is 1.88. The largest absolute Gasteiger partial charge is 0.493 e. The van der Waals surface area contributed by atoms with Crippen LogP contribution >= 0.6 is 11.3 Å². The van der Waals surface area contributed by atoms with Crippen molar-refractivity contribution < 1.29 is 9.53 Å². The van der Waals surface area contributed by atoms with Gasteiger partial charge in [-0.3, -0.25) is 4.79 Å². The molecule has 0 radical (unpaired) electrons. The predicted octanol–water partition coefficient (Wildman–Crippen LogP) is 3.60. The first-order chi connectivity index (χ1) is 12.6. The van der Waals surface area contributed by atoms with Crippen LogP contribution in [0, 0.1) is 0 Å². The molecule has 0 aliphatic heterocycles. The summed E-state index contributed by atoms with van der Waals surface area (Å²) in [5.74, 6) is 0.408. The molecule has 1 aromatic heterocycles. The van der Waals surface area contributed by atoms with E-state index in [1.165, 1.54) is 0 Å². The molecule has 0 bridgehead atoms. The van der Waals surface area contributed by atoms with Crippen LogP contribution in [0.1, 0.15) is 34.8 Å². The third-order valence-corrected chi connectivity index (χ3v) is 4.77. The number of ether oxygens (including phenoxy) is 1. The van der Waals surface area contributed by atoms with Crippen LogP contribution in [-0.2, 0) is 6.42 Å². The molecule has 0 atom stereocenters. The number of hydrazone groups is 1. The van der Waals surface area contributed by atoms with Gasteiger partial charge in [-0.1, -0.05) is 48.6 Å². The number of rotatable bonds is 6. The Kier molecular flexibility index (Phi) is 5.48. The van der Waals surface area contributed by atoms with Crippen molar-refractivity contribution in [3.05, 3.63) is 52.5 Å². The second-order valence-electron chi connectivity index (χ2n) is 5.51. The number of carbonyl (C=O) groups excluding carboxylic acids is 1. The van der Waals surface area contributed by atoms with Gasteiger partial charge < -0.3 is 10.5 Å². The minimum Gasteiger partial charge on any atom is -0.493 e. The number of aromatic nitrogens is 1. The van der Waals surface area contributed by atoms with Crippen molar-refractivity contribution in [2.45, 2.75) is 20.3 Å². The van der Waals surface area contributed by atoms with E-state index in [9.17, 15) is 4.79 Å². The van der Waals surface area contributed by atoms with Crippen LogP contribution in [-0.4, -0.2) is 23.7 Å². The summed E-state index contributed by atoms with van der Waals surface area (Å²) < 4.78 is 5.70. The van der Waals surface area contributed by atoms with E-state index < -0.39 is 0 Å². The molecular formula is C19H20N4O2S. The van der Waals surface area contributed by atoms with E-state index in [-0.39, 0.29) is 5.91 Å². The van der Waals surface area contributed by atoms with Gasteiger partial charge >= 0.3 is 0 Å². The zero-order valence-corrected chi connectivity index (χ0v) is 15.5. The monoisotopic (exact) mass is 368 g/mol. The van der Waals surface area contributed by atoms with E-state index in [1.54, 1.807) is 6.21 Å². The molecule has 3 N–H and O–H groups in total. The standard InChI is InChI=1S/C19H20N4O2S/c1-3-15-17(26-19(20)22-15)18(24)23-21-11-14-13-8-6-5-7-12(13)9-10-16(14)25-4-2/h5-11H,3-4H2,1-2H3,(H2,20,22)(H,23,24)/b21-11+. The van der Waals surface area contributed by atoms with E-state index in [1.807, 2.05) is 50.2 Å². The Morgan fingerprint density at radius 3 is 2.88 bits per heavy atom. The number of carbonyl (C=O) groups is 1. The lowest BCUT2D eigenvalue weighted by Gasteiger charge is -2.10. The quantitative estimate of drug-likeness (QED) is 0.514. The maximum absolute atomic E-state index is 12.4. The van der Waals surface area contributed by atoms with Crippen molar-refractivity contribution in [1.29, 1.82) is 0 Å². The molecule has 1 heterocycles. The molecule has 0 spiro atoms. The van der Waals surface area contributed by atoms with E-state index in [4.69, 9.17) is 10.5 Å². The van der Waals surface area contributed by atoms with Crippen LogP contribution in [0.5, 0.6) is 5.75 Å². The number of fused-ring (bicyclic) bond motifs is 1.